The summed E-state index contributed by atoms with van der Waals surface area (Å²) in [5.74, 6) is 0. The maximum absolute atomic E-state index is 12.9. The summed E-state index contributed by atoms with van der Waals surface area (Å²) in [6.07, 6.45) is -4.57. The number of nitrogens with zero attached hydrogens (tertiary/aromatic N) is 1. The van der Waals surface area contributed by atoms with Crippen LogP contribution in [0.15, 0.2) is 24.3 Å². The van der Waals surface area contributed by atoms with Gasteiger partial charge in [-0.25, -0.2) is 0 Å². The summed E-state index contributed by atoms with van der Waals surface area (Å²) in [5, 5.41) is 13.4. The van der Waals surface area contributed by atoms with Gasteiger partial charge in [0, 0.05) is 6.54 Å². The summed E-state index contributed by atoms with van der Waals surface area (Å²) in [6.45, 7) is 1.03. The number of β-amino-alcohol motifs (C(OH)–C–C–N with tert-alkyl or cyclic N) is 1. The first-order valence-corrected chi connectivity index (χ1v) is 6.52. The van der Waals surface area contributed by atoms with Crippen molar-refractivity contribution in [3.8, 4) is 0 Å². The van der Waals surface area contributed by atoms with Gasteiger partial charge in [-0.1, -0.05) is 12.1 Å². The molecule has 3 nitrogen and oxygen atoms in total. The van der Waals surface area contributed by atoms with Crippen molar-refractivity contribution >= 4 is 0 Å². The molecule has 1 fully saturated rings. The van der Waals surface area contributed by atoms with Gasteiger partial charge in [0.2, 0.25) is 0 Å². The topological polar surface area (TPSA) is 35.5 Å². The fourth-order valence-electron chi connectivity index (χ4n) is 2.93. The number of hydrogen-bond donors (Lipinski definition) is 2. The van der Waals surface area contributed by atoms with Gasteiger partial charge in [0.1, 0.15) is 0 Å². The average Bonchev–Trinajstić information content (AvgIpc) is 2.38. The Morgan fingerprint density at radius 3 is 2.60 bits per heavy atom. The van der Waals surface area contributed by atoms with Crippen molar-refractivity contribution in [2.24, 2.45) is 0 Å². The Morgan fingerprint density at radius 2 is 2.05 bits per heavy atom. The normalized spacial score (nSPS) is 27.9. The Morgan fingerprint density at radius 1 is 1.35 bits per heavy atom. The van der Waals surface area contributed by atoms with Crippen molar-refractivity contribution in [1.29, 1.82) is 0 Å². The Labute approximate surface area is 116 Å². The number of hydrogen-bond acceptors (Lipinski definition) is 3. The van der Waals surface area contributed by atoms with E-state index in [1.807, 2.05) is 4.90 Å². The van der Waals surface area contributed by atoms with E-state index in [1.54, 1.807) is 20.2 Å². The molecule has 1 saturated heterocycles. The van der Waals surface area contributed by atoms with Crippen molar-refractivity contribution in [2.75, 3.05) is 27.2 Å². The number of likely N-dealkylation sites (N-methyl/N-ethyl adjacent to an activating group) is 1. The lowest BCUT2D eigenvalue weighted by Crippen LogP contribution is -2.59. The molecule has 1 aromatic rings. The molecule has 2 atom stereocenters. The van der Waals surface area contributed by atoms with E-state index in [1.165, 1.54) is 6.07 Å². The minimum absolute atomic E-state index is 0.369. The third-order valence-corrected chi connectivity index (χ3v) is 4.06. The van der Waals surface area contributed by atoms with Gasteiger partial charge in [0.25, 0.3) is 0 Å². The minimum atomic E-state index is -4.37. The van der Waals surface area contributed by atoms with Crippen LogP contribution in [0.1, 0.15) is 17.5 Å². The first-order valence-electron chi connectivity index (χ1n) is 6.52. The van der Waals surface area contributed by atoms with Crippen LogP contribution in [0.2, 0.25) is 0 Å². The molecule has 0 spiro atoms. The summed E-state index contributed by atoms with van der Waals surface area (Å²) in [7, 11) is 3.57. The number of nitrogens with one attached hydrogen (secondary N) is 1. The molecule has 112 valence electrons. The number of benzene rings is 1. The standard InChI is InChI=1S/C14H19F3N2O/c1-19(2)13(6-7-18-9-12(13)20)10-4-3-5-11(8-10)14(15,16)17/h3-5,8,12,18,20H,6-7,9H2,1-2H3. The summed E-state index contributed by atoms with van der Waals surface area (Å²) < 4.78 is 38.6. The molecule has 0 amide bonds. The first-order chi connectivity index (χ1) is 9.28. The Hall–Kier alpha value is -1.11. The van der Waals surface area contributed by atoms with Crippen LogP contribution in [0.5, 0.6) is 0 Å². The van der Waals surface area contributed by atoms with Crippen LogP contribution >= 0.6 is 0 Å². The van der Waals surface area contributed by atoms with Crippen molar-refractivity contribution in [1.82, 2.24) is 10.2 Å². The van der Waals surface area contributed by atoms with Crippen LogP contribution < -0.4 is 5.32 Å². The van der Waals surface area contributed by atoms with Gasteiger partial charge in [0.05, 0.1) is 17.2 Å². The third-order valence-electron chi connectivity index (χ3n) is 4.06. The number of aliphatic hydroxyl groups is 1. The van der Waals surface area contributed by atoms with E-state index in [-0.39, 0.29) is 0 Å². The lowest BCUT2D eigenvalue weighted by molar-refractivity contribution is -0.137. The molecule has 0 aromatic heterocycles. The fourth-order valence-corrected chi connectivity index (χ4v) is 2.93. The minimum Gasteiger partial charge on any atom is -0.389 e. The molecule has 1 aliphatic heterocycles. The number of rotatable bonds is 2. The molecule has 0 aliphatic carbocycles. The smallest absolute Gasteiger partial charge is 0.389 e. The Balaban J connectivity index is 2.50. The number of alkyl halides is 3. The van der Waals surface area contributed by atoms with Gasteiger partial charge in [-0.05, 0) is 44.8 Å². The predicted octanol–water partition coefficient (Wildman–Crippen LogP) is 1.82. The van der Waals surface area contributed by atoms with E-state index in [4.69, 9.17) is 0 Å². The van der Waals surface area contributed by atoms with Crippen molar-refractivity contribution in [3.63, 3.8) is 0 Å². The largest absolute Gasteiger partial charge is 0.416 e. The molecule has 2 unspecified atom stereocenters. The van der Waals surface area contributed by atoms with E-state index in [0.29, 0.717) is 25.1 Å². The highest BCUT2D eigenvalue weighted by Gasteiger charge is 2.44. The second kappa shape index (κ2) is 5.35. The van der Waals surface area contributed by atoms with Crippen LogP contribution in [0.3, 0.4) is 0 Å². The van der Waals surface area contributed by atoms with E-state index < -0.39 is 23.4 Å². The number of aliphatic hydroxyl groups excluding tert-OH is 1. The monoisotopic (exact) mass is 288 g/mol. The van der Waals surface area contributed by atoms with E-state index in [2.05, 4.69) is 5.32 Å². The van der Waals surface area contributed by atoms with Crippen LogP contribution in [-0.4, -0.2) is 43.3 Å². The van der Waals surface area contributed by atoms with Crippen LogP contribution in [-0.2, 0) is 11.7 Å². The van der Waals surface area contributed by atoms with Gasteiger partial charge < -0.3 is 10.4 Å². The van der Waals surface area contributed by atoms with Crippen LogP contribution in [0.4, 0.5) is 13.2 Å². The van der Waals surface area contributed by atoms with E-state index in [0.717, 1.165) is 12.1 Å². The summed E-state index contributed by atoms with van der Waals surface area (Å²) in [5.41, 5.74) is -0.958. The zero-order valence-corrected chi connectivity index (χ0v) is 11.5. The molecule has 6 heteroatoms. The molecule has 2 rings (SSSR count). The second-order valence-electron chi connectivity index (χ2n) is 5.37. The molecular weight excluding hydrogens is 269 g/mol. The van der Waals surface area contributed by atoms with Gasteiger partial charge in [-0.3, -0.25) is 4.90 Å². The molecule has 0 saturated carbocycles. The Kier molecular flexibility index (Phi) is 4.09. The van der Waals surface area contributed by atoms with Crippen LogP contribution in [0, 0.1) is 0 Å². The van der Waals surface area contributed by atoms with Gasteiger partial charge >= 0.3 is 6.18 Å². The first kappa shape index (κ1) is 15.3. The summed E-state index contributed by atoms with van der Waals surface area (Å²) in [4.78, 5) is 1.81. The van der Waals surface area contributed by atoms with Crippen molar-refractivity contribution in [3.05, 3.63) is 35.4 Å². The van der Waals surface area contributed by atoms with Crippen molar-refractivity contribution in [2.45, 2.75) is 24.2 Å². The number of halogens is 3. The van der Waals surface area contributed by atoms with E-state index in [9.17, 15) is 18.3 Å². The quantitative estimate of drug-likeness (QED) is 0.871. The molecule has 1 heterocycles. The molecule has 1 aromatic carbocycles. The maximum atomic E-state index is 12.9. The SMILES string of the molecule is CN(C)C1(c2cccc(C(F)(F)F)c2)CCNCC1O. The molecule has 0 radical (unpaired) electrons. The van der Waals surface area contributed by atoms with E-state index >= 15 is 0 Å². The number of piperidine rings is 1. The van der Waals surface area contributed by atoms with Gasteiger partial charge in [-0.15, -0.1) is 0 Å². The lowest BCUT2D eigenvalue weighted by atomic mass is 9.77. The summed E-state index contributed by atoms with van der Waals surface area (Å²) >= 11 is 0. The molecular formula is C14H19F3N2O. The zero-order valence-electron chi connectivity index (χ0n) is 11.5. The summed E-state index contributed by atoms with van der Waals surface area (Å²) in [6, 6.07) is 5.26. The molecule has 1 aliphatic rings. The van der Waals surface area contributed by atoms with Crippen LogP contribution in [0.25, 0.3) is 0 Å². The lowest BCUT2D eigenvalue weighted by Gasteiger charge is -2.47. The second-order valence-corrected chi connectivity index (χ2v) is 5.37. The Bertz CT molecular complexity index is 476. The maximum Gasteiger partial charge on any atom is 0.416 e. The average molecular weight is 288 g/mol. The van der Waals surface area contributed by atoms with Crippen molar-refractivity contribution < 1.29 is 18.3 Å². The highest BCUT2D eigenvalue weighted by atomic mass is 19.4. The molecule has 20 heavy (non-hydrogen) atoms. The molecule has 2 N–H and O–H groups in total. The fraction of sp³-hybridized carbons (Fsp3) is 0.571. The predicted molar refractivity (Wildman–Crippen MR) is 70.3 cm³/mol. The zero-order chi connectivity index (χ0) is 15.0. The highest BCUT2D eigenvalue weighted by molar-refractivity contribution is 5.33. The molecule has 0 bridgehead atoms. The van der Waals surface area contributed by atoms with Gasteiger partial charge in [0.15, 0.2) is 0 Å². The third kappa shape index (κ3) is 2.55. The van der Waals surface area contributed by atoms with Gasteiger partial charge in [-0.2, -0.15) is 13.2 Å². The highest BCUT2D eigenvalue weighted by Crippen LogP contribution is 2.38.